The smallest absolute Gasteiger partial charge is 0.0841 e. The van der Waals surface area contributed by atoms with Gasteiger partial charge >= 0.3 is 0 Å². The number of nitrogens with zero attached hydrogens (tertiary/aromatic N) is 2. The average molecular weight is 190 g/mol. The molecule has 1 heterocycles. The van der Waals surface area contributed by atoms with Crippen molar-refractivity contribution in [1.82, 2.24) is 9.97 Å². The average Bonchev–Trinajstić information content (AvgIpc) is 2.25. The summed E-state index contributed by atoms with van der Waals surface area (Å²) in [4.78, 5) is 8.41. The van der Waals surface area contributed by atoms with Crippen LogP contribution in [0, 0.1) is 0 Å². The van der Waals surface area contributed by atoms with Crippen LogP contribution in [0.4, 0.5) is 0 Å². The SMILES string of the molecule is CCC/C=C(/CCC)c1cnccn1. The van der Waals surface area contributed by atoms with E-state index >= 15 is 0 Å². The Labute approximate surface area is 86.1 Å². The van der Waals surface area contributed by atoms with E-state index in [4.69, 9.17) is 0 Å². The summed E-state index contributed by atoms with van der Waals surface area (Å²) in [6, 6.07) is 0. The predicted molar refractivity (Wildman–Crippen MR) is 59.8 cm³/mol. The molecule has 0 N–H and O–H groups in total. The zero-order valence-electron chi connectivity index (χ0n) is 9.03. The van der Waals surface area contributed by atoms with E-state index in [1.165, 1.54) is 12.0 Å². The van der Waals surface area contributed by atoms with Crippen LogP contribution in [0.1, 0.15) is 45.2 Å². The highest BCUT2D eigenvalue weighted by atomic mass is 14.8. The van der Waals surface area contributed by atoms with Crippen LogP contribution in [0.25, 0.3) is 5.57 Å². The zero-order chi connectivity index (χ0) is 10.2. The molecule has 0 atom stereocenters. The molecular weight excluding hydrogens is 172 g/mol. The second kappa shape index (κ2) is 6.30. The Kier molecular flexibility index (Phi) is 4.90. The first-order chi connectivity index (χ1) is 6.88. The summed E-state index contributed by atoms with van der Waals surface area (Å²) in [5, 5.41) is 0. The lowest BCUT2D eigenvalue weighted by Gasteiger charge is -2.04. The molecule has 0 saturated heterocycles. The highest BCUT2D eigenvalue weighted by Crippen LogP contribution is 2.17. The third-order valence-corrected chi connectivity index (χ3v) is 2.09. The molecule has 14 heavy (non-hydrogen) atoms. The van der Waals surface area contributed by atoms with Crippen LogP contribution in [-0.4, -0.2) is 9.97 Å². The summed E-state index contributed by atoms with van der Waals surface area (Å²) >= 11 is 0. The molecular formula is C12H18N2. The minimum atomic E-state index is 1.03. The monoisotopic (exact) mass is 190 g/mol. The fourth-order valence-electron chi connectivity index (χ4n) is 1.39. The van der Waals surface area contributed by atoms with E-state index in [-0.39, 0.29) is 0 Å². The first kappa shape index (κ1) is 10.9. The molecule has 0 radical (unpaired) electrons. The van der Waals surface area contributed by atoms with Crippen LogP contribution in [-0.2, 0) is 0 Å². The minimum absolute atomic E-state index is 1.03. The van der Waals surface area contributed by atoms with Gasteiger partial charge in [0, 0.05) is 12.4 Å². The number of hydrogen-bond acceptors (Lipinski definition) is 2. The maximum absolute atomic E-state index is 4.32. The molecule has 0 bridgehead atoms. The van der Waals surface area contributed by atoms with Crippen LogP contribution in [0.3, 0.4) is 0 Å². The Morgan fingerprint density at radius 3 is 2.71 bits per heavy atom. The minimum Gasteiger partial charge on any atom is -0.261 e. The summed E-state index contributed by atoms with van der Waals surface area (Å²) in [6.07, 6.45) is 12.2. The zero-order valence-corrected chi connectivity index (χ0v) is 9.03. The second-order valence-electron chi connectivity index (χ2n) is 3.36. The van der Waals surface area contributed by atoms with Gasteiger partial charge < -0.3 is 0 Å². The maximum atomic E-state index is 4.32. The lowest BCUT2D eigenvalue weighted by atomic mass is 10.1. The topological polar surface area (TPSA) is 25.8 Å². The summed E-state index contributed by atoms with van der Waals surface area (Å²) in [5.74, 6) is 0. The molecule has 0 aromatic carbocycles. The first-order valence-corrected chi connectivity index (χ1v) is 5.33. The fourth-order valence-corrected chi connectivity index (χ4v) is 1.39. The summed E-state index contributed by atoms with van der Waals surface area (Å²) in [5.41, 5.74) is 2.37. The van der Waals surface area contributed by atoms with Crippen LogP contribution in [0.15, 0.2) is 24.7 Å². The van der Waals surface area contributed by atoms with Gasteiger partial charge in [-0.3, -0.25) is 9.97 Å². The molecule has 0 unspecified atom stereocenters. The van der Waals surface area contributed by atoms with Gasteiger partial charge in [0.05, 0.1) is 11.9 Å². The van der Waals surface area contributed by atoms with Gasteiger partial charge in [0.15, 0.2) is 0 Å². The third kappa shape index (κ3) is 3.29. The van der Waals surface area contributed by atoms with Crippen molar-refractivity contribution in [2.24, 2.45) is 0 Å². The number of aromatic nitrogens is 2. The van der Waals surface area contributed by atoms with Crippen LogP contribution < -0.4 is 0 Å². The molecule has 76 valence electrons. The van der Waals surface area contributed by atoms with Gasteiger partial charge in [-0.25, -0.2) is 0 Å². The van der Waals surface area contributed by atoms with Gasteiger partial charge in [0.2, 0.25) is 0 Å². The van der Waals surface area contributed by atoms with E-state index in [1.807, 2.05) is 6.20 Å². The Morgan fingerprint density at radius 1 is 1.29 bits per heavy atom. The summed E-state index contributed by atoms with van der Waals surface area (Å²) in [6.45, 7) is 4.38. The predicted octanol–water partition coefficient (Wildman–Crippen LogP) is 3.46. The molecule has 1 aromatic rings. The van der Waals surface area contributed by atoms with Gasteiger partial charge in [-0.1, -0.05) is 32.8 Å². The van der Waals surface area contributed by atoms with Gasteiger partial charge in [0.25, 0.3) is 0 Å². The van der Waals surface area contributed by atoms with E-state index in [0.29, 0.717) is 0 Å². The number of unbranched alkanes of at least 4 members (excludes halogenated alkanes) is 1. The Balaban J connectivity index is 2.77. The van der Waals surface area contributed by atoms with Crippen molar-refractivity contribution in [1.29, 1.82) is 0 Å². The van der Waals surface area contributed by atoms with Gasteiger partial charge in [-0.15, -0.1) is 0 Å². The molecule has 0 spiro atoms. The molecule has 0 aliphatic heterocycles. The van der Waals surface area contributed by atoms with E-state index in [2.05, 4.69) is 29.9 Å². The number of allylic oxidation sites excluding steroid dienone is 2. The highest BCUT2D eigenvalue weighted by Gasteiger charge is 2.00. The normalized spacial score (nSPS) is 11.7. The molecule has 0 amide bonds. The molecule has 0 aliphatic carbocycles. The molecule has 0 fully saturated rings. The molecule has 1 aromatic heterocycles. The van der Waals surface area contributed by atoms with Crippen molar-refractivity contribution in [2.45, 2.75) is 39.5 Å². The summed E-state index contributed by atoms with van der Waals surface area (Å²) < 4.78 is 0. The summed E-state index contributed by atoms with van der Waals surface area (Å²) in [7, 11) is 0. The van der Waals surface area contributed by atoms with Crippen molar-refractivity contribution in [3.8, 4) is 0 Å². The van der Waals surface area contributed by atoms with E-state index < -0.39 is 0 Å². The largest absolute Gasteiger partial charge is 0.261 e. The van der Waals surface area contributed by atoms with Crippen LogP contribution >= 0.6 is 0 Å². The van der Waals surface area contributed by atoms with Gasteiger partial charge in [0.1, 0.15) is 0 Å². The molecule has 2 nitrogen and oxygen atoms in total. The van der Waals surface area contributed by atoms with E-state index in [0.717, 1.165) is 25.0 Å². The molecule has 0 saturated carbocycles. The quantitative estimate of drug-likeness (QED) is 0.710. The third-order valence-electron chi connectivity index (χ3n) is 2.09. The van der Waals surface area contributed by atoms with Crippen molar-refractivity contribution in [2.75, 3.05) is 0 Å². The number of hydrogen-bond donors (Lipinski definition) is 0. The fraction of sp³-hybridized carbons (Fsp3) is 0.500. The first-order valence-electron chi connectivity index (χ1n) is 5.33. The molecule has 0 aliphatic rings. The molecule has 1 rings (SSSR count). The van der Waals surface area contributed by atoms with Crippen LogP contribution in [0.2, 0.25) is 0 Å². The van der Waals surface area contributed by atoms with E-state index in [9.17, 15) is 0 Å². The Bertz CT molecular complexity index is 278. The van der Waals surface area contributed by atoms with Crippen molar-refractivity contribution in [3.63, 3.8) is 0 Å². The van der Waals surface area contributed by atoms with Crippen molar-refractivity contribution >= 4 is 5.57 Å². The Hall–Kier alpha value is -1.18. The lowest BCUT2D eigenvalue weighted by molar-refractivity contribution is 0.926. The van der Waals surface area contributed by atoms with Gasteiger partial charge in [-0.2, -0.15) is 0 Å². The standard InChI is InChI=1S/C12H18N2/c1-3-5-7-11(6-4-2)12-10-13-8-9-14-12/h7-10H,3-6H2,1-2H3/b11-7-. The Morgan fingerprint density at radius 2 is 2.14 bits per heavy atom. The van der Waals surface area contributed by atoms with Crippen molar-refractivity contribution in [3.05, 3.63) is 30.4 Å². The highest BCUT2D eigenvalue weighted by molar-refractivity contribution is 5.61. The molecule has 2 heteroatoms. The van der Waals surface area contributed by atoms with E-state index in [1.54, 1.807) is 12.4 Å². The number of rotatable bonds is 5. The second-order valence-corrected chi connectivity index (χ2v) is 3.36. The van der Waals surface area contributed by atoms with Gasteiger partial charge in [-0.05, 0) is 18.4 Å². The maximum Gasteiger partial charge on any atom is 0.0841 e. The van der Waals surface area contributed by atoms with Crippen molar-refractivity contribution < 1.29 is 0 Å². The lowest BCUT2D eigenvalue weighted by Crippen LogP contribution is -1.90. The van der Waals surface area contributed by atoms with Crippen LogP contribution in [0.5, 0.6) is 0 Å².